The molecule has 0 saturated carbocycles. The predicted octanol–water partition coefficient (Wildman–Crippen LogP) is 0.929. The van der Waals surface area contributed by atoms with Crippen LogP contribution in [-0.4, -0.2) is 17.4 Å². The zero-order valence-electron chi connectivity index (χ0n) is 3.66. The Hall–Kier alpha value is -0.250. The van der Waals surface area contributed by atoms with Gasteiger partial charge in [-0.05, 0) is 6.92 Å². The van der Waals surface area contributed by atoms with Crippen LogP contribution in [-0.2, 0) is 0 Å². The van der Waals surface area contributed by atoms with E-state index < -0.39 is 12.3 Å². The molecular formula is C3H5F3O. The number of rotatable bonds is 1. The van der Waals surface area contributed by atoms with E-state index in [0.29, 0.717) is 6.92 Å². The molecule has 1 N–H and O–H groups in total. The van der Waals surface area contributed by atoms with Crippen LogP contribution in [0.3, 0.4) is 0 Å². The van der Waals surface area contributed by atoms with Crippen molar-refractivity contribution < 1.29 is 18.3 Å². The van der Waals surface area contributed by atoms with Crippen LogP contribution in [0.2, 0.25) is 0 Å². The lowest BCUT2D eigenvalue weighted by Gasteiger charge is -2.07. The minimum atomic E-state index is -4.17. The highest BCUT2D eigenvalue weighted by atomic mass is 19.3. The minimum absolute atomic E-state index is 0.583. The van der Waals surface area contributed by atoms with Crippen molar-refractivity contribution in [2.75, 3.05) is 0 Å². The Balaban J connectivity index is 3.54. The lowest BCUT2D eigenvalue weighted by atomic mass is 10.4. The Bertz CT molecular complexity index is 55.7. The van der Waals surface area contributed by atoms with Gasteiger partial charge < -0.3 is 5.11 Å². The molecule has 0 aliphatic rings. The summed E-state index contributed by atoms with van der Waals surface area (Å²) in [5, 5.41) is 7.39. The van der Waals surface area contributed by atoms with Gasteiger partial charge in [-0.2, -0.15) is 8.78 Å². The molecule has 1 atom stereocenters. The second kappa shape index (κ2) is 1.69. The Kier molecular flexibility index (Phi) is 1.63. The summed E-state index contributed by atoms with van der Waals surface area (Å²) < 4.78 is 33.3. The second-order valence-electron chi connectivity index (χ2n) is 1.20. The Labute approximate surface area is 38.8 Å². The van der Waals surface area contributed by atoms with Gasteiger partial charge in [0, 0.05) is 0 Å². The van der Waals surface area contributed by atoms with E-state index in [4.69, 9.17) is 5.11 Å². The second-order valence-corrected chi connectivity index (χ2v) is 1.20. The van der Waals surface area contributed by atoms with Gasteiger partial charge in [0.25, 0.3) is 0 Å². The molecule has 0 saturated heterocycles. The summed E-state index contributed by atoms with van der Waals surface area (Å²) in [6.07, 6.45) is -6.65. The highest BCUT2D eigenvalue weighted by Crippen LogP contribution is 2.15. The van der Waals surface area contributed by atoms with Crippen LogP contribution in [0.5, 0.6) is 0 Å². The SMILES string of the molecule is CC(F)C(O)(F)F. The summed E-state index contributed by atoms with van der Waals surface area (Å²) in [7, 11) is 0. The van der Waals surface area contributed by atoms with Crippen LogP contribution in [0.4, 0.5) is 13.2 Å². The molecule has 44 valence electrons. The normalized spacial score (nSPS) is 16.7. The van der Waals surface area contributed by atoms with Gasteiger partial charge in [0.1, 0.15) is 0 Å². The summed E-state index contributed by atoms with van der Waals surface area (Å²) in [6.45, 7) is 0.583. The van der Waals surface area contributed by atoms with Crippen molar-refractivity contribution in [2.45, 2.75) is 19.2 Å². The zero-order valence-corrected chi connectivity index (χ0v) is 3.66. The van der Waals surface area contributed by atoms with Gasteiger partial charge in [-0.25, -0.2) is 4.39 Å². The third-order valence-corrected chi connectivity index (χ3v) is 0.479. The Morgan fingerprint density at radius 3 is 1.71 bits per heavy atom. The molecule has 0 heterocycles. The molecule has 1 nitrogen and oxygen atoms in total. The average Bonchev–Trinajstić information content (AvgIpc) is 1.31. The molecule has 0 fully saturated rings. The van der Waals surface area contributed by atoms with Crippen LogP contribution in [0, 0.1) is 0 Å². The molecule has 0 amide bonds. The predicted molar refractivity (Wildman–Crippen MR) is 17.7 cm³/mol. The fraction of sp³-hybridized carbons (Fsp3) is 1.00. The minimum Gasteiger partial charge on any atom is -0.334 e. The molecule has 0 aliphatic carbocycles. The van der Waals surface area contributed by atoms with E-state index in [2.05, 4.69) is 0 Å². The molecule has 0 bridgehead atoms. The number of alkyl halides is 3. The fourth-order valence-electron chi connectivity index (χ4n) is 0. The van der Waals surface area contributed by atoms with Gasteiger partial charge in [0.2, 0.25) is 0 Å². The van der Waals surface area contributed by atoms with E-state index in [0.717, 1.165) is 0 Å². The van der Waals surface area contributed by atoms with Crippen molar-refractivity contribution in [1.82, 2.24) is 0 Å². The topological polar surface area (TPSA) is 20.2 Å². The molecule has 0 aromatic heterocycles. The third-order valence-electron chi connectivity index (χ3n) is 0.479. The molecule has 0 aromatic carbocycles. The van der Waals surface area contributed by atoms with Crippen molar-refractivity contribution in [2.24, 2.45) is 0 Å². The first-order valence-electron chi connectivity index (χ1n) is 1.69. The zero-order chi connectivity index (χ0) is 6.08. The number of hydrogen-bond acceptors (Lipinski definition) is 1. The van der Waals surface area contributed by atoms with Crippen LogP contribution in [0.1, 0.15) is 6.92 Å². The number of halogens is 3. The van der Waals surface area contributed by atoms with E-state index in [1.54, 1.807) is 0 Å². The van der Waals surface area contributed by atoms with Crippen molar-refractivity contribution in [3.8, 4) is 0 Å². The summed E-state index contributed by atoms with van der Waals surface area (Å²) in [5.74, 6) is 0. The Morgan fingerprint density at radius 1 is 1.57 bits per heavy atom. The standard InChI is InChI=1S/C3H5F3O/c1-2(4)3(5,6)7/h2,7H,1H3. The lowest BCUT2D eigenvalue weighted by molar-refractivity contribution is -0.235. The summed E-state index contributed by atoms with van der Waals surface area (Å²) >= 11 is 0. The molecule has 0 rings (SSSR count). The quantitative estimate of drug-likeness (QED) is 0.537. The van der Waals surface area contributed by atoms with Gasteiger partial charge in [-0.15, -0.1) is 0 Å². The smallest absolute Gasteiger partial charge is 0.334 e. The van der Waals surface area contributed by atoms with E-state index in [1.807, 2.05) is 0 Å². The van der Waals surface area contributed by atoms with Crippen LogP contribution < -0.4 is 0 Å². The average molecular weight is 114 g/mol. The van der Waals surface area contributed by atoms with Gasteiger partial charge in [0.15, 0.2) is 6.17 Å². The van der Waals surface area contributed by atoms with Crippen molar-refractivity contribution >= 4 is 0 Å². The fourth-order valence-corrected chi connectivity index (χ4v) is 0. The Morgan fingerprint density at radius 2 is 1.71 bits per heavy atom. The van der Waals surface area contributed by atoms with Crippen LogP contribution in [0.15, 0.2) is 0 Å². The van der Waals surface area contributed by atoms with E-state index >= 15 is 0 Å². The molecule has 4 heteroatoms. The van der Waals surface area contributed by atoms with Crippen molar-refractivity contribution in [3.05, 3.63) is 0 Å². The van der Waals surface area contributed by atoms with Gasteiger partial charge in [-0.1, -0.05) is 0 Å². The summed E-state index contributed by atoms with van der Waals surface area (Å²) in [5.41, 5.74) is 0. The van der Waals surface area contributed by atoms with Crippen LogP contribution in [0.25, 0.3) is 0 Å². The lowest BCUT2D eigenvalue weighted by Crippen LogP contribution is -2.25. The van der Waals surface area contributed by atoms with Gasteiger partial charge in [-0.3, -0.25) is 0 Å². The molecule has 7 heavy (non-hydrogen) atoms. The maximum absolute atomic E-state index is 11.2. The maximum Gasteiger partial charge on any atom is 0.384 e. The molecule has 0 radical (unpaired) electrons. The maximum atomic E-state index is 11.2. The summed E-state index contributed by atoms with van der Waals surface area (Å²) in [6, 6.07) is 0. The molecule has 0 aromatic rings. The van der Waals surface area contributed by atoms with Crippen molar-refractivity contribution in [3.63, 3.8) is 0 Å². The first kappa shape index (κ1) is 6.75. The monoisotopic (exact) mass is 114 g/mol. The van der Waals surface area contributed by atoms with Gasteiger partial charge >= 0.3 is 6.11 Å². The van der Waals surface area contributed by atoms with E-state index in [1.165, 1.54) is 0 Å². The largest absolute Gasteiger partial charge is 0.384 e. The summed E-state index contributed by atoms with van der Waals surface area (Å²) in [4.78, 5) is 0. The highest BCUT2D eigenvalue weighted by Gasteiger charge is 2.32. The highest BCUT2D eigenvalue weighted by molar-refractivity contribution is 4.55. The molecular weight excluding hydrogens is 109 g/mol. The molecule has 1 unspecified atom stereocenters. The van der Waals surface area contributed by atoms with Crippen LogP contribution >= 0.6 is 0 Å². The van der Waals surface area contributed by atoms with Crippen molar-refractivity contribution in [1.29, 1.82) is 0 Å². The van der Waals surface area contributed by atoms with Gasteiger partial charge in [0.05, 0.1) is 0 Å². The molecule has 0 aliphatic heterocycles. The van der Waals surface area contributed by atoms with E-state index in [9.17, 15) is 13.2 Å². The number of aliphatic hydroxyl groups is 1. The third kappa shape index (κ3) is 2.45. The first-order chi connectivity index (χ1) is 2.94. The number of hydrogen-bond donors (Lipinski definition) is 1. The molecule has 0 spiro atoms. The van der Waals surface area contributed by atoms with E-state index in [-0.39, 0.29) is 0 Å². The first-order valence-corrected chi connectivity index (χ1v) is 1.69.